The van der Waals surface area contributed by atoms with Crippen LogP contribution in [0.5, 0.6) is 0 Å². The van der Waals surface area contributed by atoms with Crippen molar-refractivity contribution in [1.82, 2.24) is 24.4 Å². The lowest BCUT2D eigenvalue weighted by atomic mass is 9.77. The molecule has 8 nitrogen and oxygen atoms in total. The number of anilines is 1. The molecule has 138 valence electrons. The predicted molar refractivity (Wildman–Crippen MR) is 95.0 cm³/mol. The minimum atomic E-state index is -1.13. The van der Waals surface area contributed by atoms with Gasteiger partial charge in [0.25, 0.3) is 0 Å². The number of nitrogens with zero attached hydrogens (tertiary/aromatic N) is 7. The SMILES string of the molecule is CC(C)[C@]1(C#N)CCN(c2nc(-c3cnn(C)c3)cn3ncc(F)c23)C1=O. The molecule has 1 aliphatic rings. The third-order valence-corrected chi connectivity index (χ3v) is 5.23. The van der Waals surface area contributed by atoms with Crippen molar-refractivity contribution >= 4 is 17.2 Å². The van der Waals surface area contributed by atoms with Gasteiger partial charge in [0.15, 0.2) is 11.6 Å². The molecule has 4 heterocycles. The molecule has 3 aromatic heterocycles. The van der Waals surface area contributed by atoms with Crippen molar-refractivity contribution in [3.05, 3.63) is 30.6 Å². The molecule has 1 fully saturated rings. The minimum absolute atomic E-state index is 0.119. The van der Waals surface area contributed by atoms with E-state index in [1.807, 2.05) is 13.8 Å². The zero-order valence-corrected chi connectivity index (χ0v) is 15.2. The quantitative estimate of drug-likeness (QED) is 0.707. The number of carbonyl (C=O) groups is 1. The Hall–Kier alpha value is -3.28. The van der Waals surface area contributed by atoms with Gasteiger partial charge in [0.05, 0.1) is 30.4 Å². The Morgan fingerprint density at radius 2 is 2.07 bits per heavy atom. The van der Waals surface area contributed by atoms with Crippen molar-refractivity contribution in [2.24, 2.45) is 18.4 Å². The van der Waals surface area contributed by atoms with Crippen molar-refractivity contribution in [1.29, 1.82) is 5.26 Å². The summed E-state index contributed by atoms with van der Waals surface area (Å²) in [6.45, 7) is 3.99. The van der Waals surface area contributed by atoms with E-state index in [0.29, 0.717) is 18.7 Å². The van der Waals surface area contributed by atoms with Gasteiger partial charge in [-0.05, 0) is 12.3 Å². The average Bonchev–Trinajstić information content (AvgIpc) is 3.32. The van der Waals surface area contributed by atoms with Crippen LogP contribution < -0.4 is 4.90 Å². The zero-order valence-electron chi connectivity index (χ0n) is 15.2. The lowest BCUT2D eigenvalue weighted by molar-refractivity contribution is -0.124. The first-order valence-corrected chi connectivity index (χ1v) is 8.63. The van der Waals surface area contributed by atoms with Gasteiger partial charge in [-0.1, -0.05) is 13.8 Å². The van der Waals surface area contributed by atoms with Gasteiger partial charge in [-0.2, -0.15) is 15.5 Å². The normalized spacial score (nSPS) is 20.0. The van der Waals surface area contributed by atoms with Crippen LogP contribution in [0, 0.1) is 28.5 Å². The molecule has 27 heavy (non-hydrogen) atoms. The highest BCUT2D eigenvalue weighted by Crippen LogP contribution is 2.41. The van der Waals surface area contributed by atoms with Crippen molar-refractivity contribution in [3.63, 3.8) is 0 Å². The van der Waals surface area contributed by atoms with E-state index in [-0.39, 0.29) is 23.2 Å². The topological polar surface area (TPSA) is 92.1 Å². The van der Waals surface area contributed by atoms with Crippen LogP contribution in [0.2, 0.25) is 0 Å². The Labute approximate surface area is 154 Å². The van der Waals surface area contributed by atoms with Crippen molar-refractivity contribution in [3.8, 4) is 17.3 Å². The molecule has 9 heteroatoms. The van der Waals surface area contributed by atoms with Crippen LogP contribution in [0.1, 0.15) is 20.3 Å². The maximum absolute atomic E-state index is 14.4. The van der Waals surface area contributed by atoms with Crippen LogP contribution in [0.4, 0.5) is 10.2 Å². The molecule has 0 bridgehead atoms. The highest BCUT2D eigenvalue weighted by molar-refractivity contribution is 6.03. The molecule has 0 N–H and O–H groups in total. The summed E-state index contributed by atoms with van der Waals surface area (Å²) in [7, 11) is 1.78. The third-order valence-electron chi connectivity index (χ3n) is 5.23. The Bertz CT molecular complexity index is 1090. The molecule has 3 aromatic rings. The number of amides is 1. The summed E-state index contributed by atoms with van der Waals surface area (Å²) in [6, 6.07) is 2.18. The fraction of sp³-hybridized carbons (Fsp3) is 0.389. The lowest BCUT2D eigenvalue weighted by Gasteiger charge is -2.24. The fourth-order valence-electron chi connectivity index (χ4n) is 3.55. The van der Waals surface area contributed by atoms with Gasteiger partial charge in [-0.3, -0.25) is 14.4 Å². The molecule has 0 aliphatic carbocycles. The fourth-order valence-corrected chi connectivity index (χ4v) is 3.55. The van der Waals surface area contributed by atoms with Gasteiger partial charge in [0.2, 0.25) is 5.91 Å². The van der Waals surface area contributed by atoms with E-state index in [1.54, 1.807) is 30.3 Å². The second-order valence-electron chi connectivity index (χ2n) is 7.08. The lowest BCUT2D eigenvalue weighted by Crippen LogP contribution is -2.37. The molecular weight excluding hydrogens is 349 g/mol. The molecule has 0 saturated carbocycles. The van der Waals surface area contributed by atoms with Crippen molar-refractivity contribution < 1.29 is 9.18 Å². The smallest absolute Gasteiger partial charge is 0.249 e. The van der Waals surface area contributed by atoms with Gasteiger partial charge in [0.1, 0.15) is 10.9 Å². The van der Waals surface area contributed by atoms with E-state index < -0.39 is 11.2 Å². The van der Waals surface area contributed by atoms with Crippen LogP contribution in [0.3, 0.4) is 0 Å². The molecule has 1 amide bonds. The molecule has 0 aromatic carbocycles. The summed E-state index contributed by atoms with van der Waals surface area (Å²) in [5.41, 5.74) is 0.229. The van der Waals surface area contributed by atoms with Crippen LogP contribution in [-0.4, -0.2) is 36.8 Å². The zero-order chi connectivity index (χ0) is 19.3. The van der Waals surface area contributed by atoms with E-state index in [9.17, 15) is 14.4 Å². The number of rotatable bonds is 3. The summed E-state index contributed by atoms with van der Waals surface area (Å²) < 4.78 is 17.4. The number of hydrogen-bond donors (Lipinski definition) is 0. The number of halogens is 1. The van der Waals surface area contributed by atoms with E-state index in [1.165, 1.54) is 9.42 Å². The third kappa shape index (κ3) is 2.40. The summed E-state index contributed by atoms with van der Waals surface area (Å²) >= 11 is 0. The second-order valence-corrected chi connectivity index (χ2v) is 7.08. The van der Waals surface area contributed by atoms with E-state index in [4.69, 9.17) is 0 Å². The number of aryl methyl sites for hydroxylation is 1. The molecule has 1 aliphatic heterocycles. The van der Waals surface area contributed by atoms with Gasteiger partial charge < -0.3 is 0 Å². The van der Waals surface area contributed by atoms with Gasteiger partial charge in [-0.15, -0.1) is 0 Å². The molecule has 0 spiro atoms. The maximum atomic E-state index is 14.4. The van der Waals surface area contributed by atoms with Crippen LogP contribution in [0.15, 0.2) is 24.8 Å². The standard InChI is InChI=1S/C18H18FN7O/c1-11(2)18(10-20)4-5-25(17(18)27)16-15-13(19)7-22-26(15)9-14(23-16)12-6-21-24(3)8-12/h6-9,11H,4-5H2,1-3H3/t18-/m1/s1. The van der Waals surface area contributed by atoms with Gasteiger partial charge in [0, 0.05) is 25.4 Å². The first-order valence-electron chi connectivity index (χ1n) is 8.63. The Morgan fingerprint density at radius 3 is 2.67 bits per heavy atom. The molecule has 4 rings (SSSR count). The highest BCUT2D eigenvalue weighted by atomic mass is 19.1. The predicted octanol–water partition coefficient (Wildman–Crippen LogP) is 2.17. The maximum Gasteiger partial charge on any atom is 0.249 e. The Kier molecular flexibility index (Phi) is 3.73. The van der Waals surface area contributed by atoms with Crippen molar-refractivity contribution in [2.75, 3.05) is 11.4 Å². The number of nitriles is 1. The number of fused-ring (bicyclic) bond motifs is 1. The first kappa shape index (κ1) is 17.1. The number of hydrogen-bond acceptors (Lipinski definition) is 5. The number of aromatic nitrogens is 5. The monoisotopic (exact) mass is 367 g/mol. The molecule has 1 saturated heterocycles. The number of carbonyl (C=O) groups excluding carboxylic acids is 1. The van der Waals surface area contributed by atoms with Gasteiger partial charge >= 0.3 is 0 Å². The van der Waals surface area contributed by atoms with Crippen LogP contribution >= 0.6 is 0 Å². The van der Waals surface area contributed by atoms with E-state index in [2.05, 4.69) is 21.3 Å². The molecule has 0 unspecified atom stereocenters. The summed E-state index contributed by atoms with van der Waals surface area (Å²) in [4.78, 5) is 19.1. The van der Waals surface area contributed by atoms with E-state index >= 15 is 0 Å². The Balaban J connectivity index is 1.90. The van der Waals surface area contributed by atoms with Crippen LogP contribution in [0.25, 0.3) is 16.8 Å². The van der Waals surface area contributed by atoms with Crippen molar-refractivity contribution in [2.45, 2.75) is 20.3 Å². The highest BCUT2D eigenvalue weighted by Gasteiger charge is 2.51. The largest absolute Gasteiger partial charge is 0.293 e. The minimum Gasteiger partial charge on any atom is -0.293 e. The summed E-state index contributed by atoms with van der Waals surface area (Å²) in [5, 5.41) is 17.8. The van der Waals surface area contributed by atoms with Gasteiger partial charge in [-0.25, -0.2) is 13.9 Å². The average molecular weight is 367 g/mol. The van der Waals surface area contributed by atoms with E-state index in [0.717, 1.165) is 11.8 Å². The summed E-state index contributed by atoms with van der Waals surface area (Å²) in [6.07, 6.45) is 6.48. The molecular formula is C18H18FN7O. The second kappa shape index (κ2) is 5.87. The summed E-state index contributed by atoms with van der Waals surface area (Å²) in [5.74, 6) is -0.901. The molecule has 1 atom stereocenters. The first-order chi connectivity index (χ1) is 12.9. The Morgan fingerprint density at radius 1 is 1.30 bits per heavy atom. The molecule has 0 radical (unpaired) electrons. The van der Waals surface area contributed by atoms with Crippen LogP contribution in [-0.2, 0) is 11.8 Å².